The van der Waals surface area contributed by atoms with Gasteiger partial charge in [0.2, 0.25) is 0 Å². The second kappa shape index (κ2) is 4.81. The van der Waals surface area contributed by atoms with Gasteiger partial charge in [0.1, 0.15) is 0 Å². The molecular weight excluding hydrogens is 237 g/mol. The second-order valence-corrected chi connectivity index (χ2v) is 5.91. The van der Waals surface area contributed by atoms with Crippen LogP contribution < -0.4 is 5.30 Å². The molecule has 17 heavy (non-hydrogen) atoms. The summed E-state index contributed by atoms with van der Waals surface area (Å²) in [6, 6.07) is 0. The van der Waals surface area contributed by atoms with Crippen LogP contribution >= 0.6 is 7.60 Å². The Morgan fingerprint density at radius 1 is 1.35 bits per heavy atom. The topological polar surface area (TPSA) is 40.5 Å². The molecule has 94 valence electrons. The number of allylic oxidation sites excluding steroid dienone is 1. The first-order valence-electron chi connectivity index (χ1n) is 5.88. The molecule has 0 amide bonds. The fraction of sp³-hybridized carbons (Fsp3) is 0.500. The summed E-state index contributed by atoms with van der Waals surface area (Å²) in [5, 5.41) is 0.695. The van der Waals surface area contributed by atoms with Gasteiger partial charge in [-0.25, -0.2) is 0 Å². The molecule has 4 nitrogen and oxygen atoms in total. The SMILES string of the molecule is CCOP(=O)(OCC)c1cn2c(c1C)C=CC2. The van der Waals surface area contributed by atoms with E-state index in [1.165, 1.54) is 0 Å². The van der Waals surface area contributed by atoms with Crippen LogP contribution in [0.15, 0.2) is 12.3 Å². The van der Waals surface area contributed by atoms with E-state index in [1.807, 2.05) is 33.0 Å². The third-order valence-corrected chi connectivity index (χ3v) is 5.06. The Morgan fingerprint density at radius 2 is 2.00 bits per heavy atom. The van der Waals surface area contributed by atoms with Gasteiger partial charge in [0.15, 0.2) is 0 Å². The van der Waals surface area contributed by atoms with Gasteiger partial charge in [-0.2, -0.15) is 0 Å². The zero-order valence-corrected chi connectivity index (χ0v) is 11.4. The van der Waals surface area contributed by atoms with Gasteiger partial charge >= 0.3 is 7.60 Å². The van der Waals surface area contributed by atoms with E-state index < -0.39 is 7.60 Å². The van der Waals surface area contributed by atoms with Crippen molar-refractivity contribution in [2.24, 2.45) is 0 Å². The first-order chi connectivity index (χ1) is 8.12. The van der Waals surface area contributed by atoms with Gasteiger partial charge < -0.3 is 13.6 Å². The minimum Gasteiger partial charge on any atom is -0.343 e. The standard InChI is InChI=1S/C12H18NO3P/c1-4-15-17(14,16-5-2)12-9-13-8-6-7-11(13)10(12)3/h6-7,9H,4-5,8H2,1-3H3. The van der Waals surface area contributed by atoms with Crippen molar-refractivity contribution in [2.45, 2.75) is 27.3 Å². The summed E-state index contributed by atoms with van der Waals surface area (Å²) >= 11 is 0. The highest BCUT2D eigenvalue weighted by atomic mass is 31.2. The van der Waals surface area contributed by atoms with Crippen LogP contribution in [0.2, 0.25) is 0 Å². The average molecular weight is 255 g/mol. The van der Waals surface area contributed by atoms with Crippen molar-refractivity contribution in [3.8, 4) is 0 Å². The summed E-state index contributed by atoms with van der Waals surface area (Å²) in [5.74, 6) is 0. The van der Waals surface area contributed by atoms with Crippen molar-refractivity contribution < 1.29 is 13.6 Å². The maximum Gasteiger partial charge on any atom is 0.363 e. The van der Waals surface area contributed by atoms with E-state index in [2.05, 4.69) is 10.6 Å². The molecule has 2 rings (SSSR count). The molecule has 0 aliphatic carbocycles. The fourth-order valence-electron chi connectivity index (χ4n) is 2.10. The predicted molar refractivity (Wildman–Crippen MR) is 68.7 cm³/mol. The Kier molecular flexibility index (Phi) is 3.57. The minimum atomic E-state index is -3.15. The number of rotatable bonds is 5. The fourth-order valence-corrected chi connectivity index (χ4v) is 3.94. The zero-order valence-electron chi connectivity index (χ0n) is 10.5. The lowest BCUT2D eigenvalue weighted by molar-refractivity contribution is 0.230. The van der Waals surface area contributed by atoms with Crippen LogP contribution in [-0.2, 0) is 20.2 Å². The van der Waals surface area contributed by atoms with Gasteiger partial charge in [-0.1, -0.05) is 6.08 Å². The highest BCUT2D eigenvalue weighted by Crippen LogP contribution is 2.48. The summed E-state index contributed by atoms with van der Waals surface area (Å²) in [7, 11) is -3.15. The maximum atomic E-state index is 12.7. The molecule has 0 bridgehead atoms. The number of aromatic nitrogens is 1. The number of fused-ring (bicyclic) bond motifs is 1. The molecule has 0 saturated heterocycles. The van der Waals surface area contributed by atoms with Gasteiger partial charge in [-0.3, -0.25) is 4.57 Å². The van der Waals surface area contributed by atoms with Gasteiger partial charge in [-0.05, 0) is 32.4 Å². The number of hydrogen-bond acceptors (Lipinski definition) is 3. The Balaban J connectivity index is 2.44. The smallest absolute Gasteiger partial charge is 0.343 e. The number of nitrogens with zero attached hydrogens (tertiary/aromatic N) is 1. The Hall–Kier alpha value is -0.830. The molecule has 0 spiro atoms. The molecule has 1 aromatic rings. The van der Waals surface area contributed by atoms with E-state index in [0.717, 1.165) is 17.8 Å². The summed E-state index contributed by atoms with van der Waals surface area (Å²) in [6.07, 6.45) is 6.01. The highest BCUT2D eigenvalue weighted by molar-refractivity contribution is 7.62. The first-order valence-corrected chi connectivity index (χ1v) is 7.42. The molecule has 0 saturated carbocycles. The normalized spacial score (nSPS) is 14.3. The second-order valence-electron chi connectivity index (χ2n) is 3.91. The van der Waals surface area contributed by atoms with Gasteiger partial charge in [0, 0.05) is 18.4 Å². The van der Waals surface area contributed by atoms with E-state index in [9.17, 15) is 4.57 Å². The van der Waals surface area contributed by atoms with E-state index in [4.69, 9.17) is 9.05 Å². The summed E-state index contributed by atoms with van der Waals surface area (Å²) in [5.41, 5.74) is 2.09. The Morgan fingerprint density at radius 3 is 2.53 bits per heavy atom. The summed E-state index contributed by atoms with van der Waals surface area (Å²) in [6.45, 7) is 7.20. The van der Waals surface area contributed by atoms with Crippen LogP contribution in [-0.4, -0.2) is 17.8 Å². The molecule has 1 aromatic heterocycles. The van der Waals surface area contributed by atoms with Crippen LogP contribution in [0.5, 0.6) is 0 Å². The summed E-state index contributed by atoms with van der Waals surface area (Å²) in [4.78, 5) is 0. The molecule has 5 heteroatoms. The van der Waals surface area contributed by atoms with Crippen LogP contribution in [0.1, 0.15) is 25.1 Å². The lowest BCUT2D eigenvalue weighted by atomic mass is 10.3. The zero-order chi connectivity index (χ0) is 12.5. The molecule has 2 heterocycles. The molecule has 1 aliphatic rings. The van der Waals surface area contributed by atoms with E-state index in [1.54, 1.807) is 0 Å². The monoisotopic (exact) mass is 255 g/mol. The van der Waals surface area contributed by atoms with Crippen molar-refractivity contribution >= 4 is 19.0 Å². The number of hydrogen-bond donors (Lipinski definition) is 0. The van der Waals surface area contributed by atoms with Crippen molar-refractivity contribution in [3.05, 3.63) is 23.5 Å². The molecule has 0 atom stereocenters. The van der Waals surface area contributed by atoms with Crippen molar-refractivity contribution in [2.75, 3.05) is 13.2 Å². The van der Waals surface area contributed by atoms with Gasteiger partial charge in [0.25, 0.3) is 0 Å². The molecule has 0 N–H and O–H groups in total. The predicted octanol–water partition coefficient (Wildman–Crippen LogP) is 2.71. The van der Waals surface area contributed by atoms with Crippen LogP contribution in [0, 0.1) is 6.92 Å². The molecule has 0 aromatic carbocycles. The third kappa shape index (κ3) is 2.13. The van der Waals surface area contributed by atoms with Crippen LogP contribution in [0.25, 0.3) is 6.08 Å². The Bertz CT molecular complexity index is 480. The van der Waals surface area contributed by atoms with Crippen LogP contribution in [0.3, 0.4) is 0 Å². The van der Waals surface area contributed by atoms with Crippen LogP contribution in [0.4, 0.5) is 0 Å². The third-order valence-electron chi connectivity index (χ3n) is 2.83. The molecule has 0 fully saturated rings. The lowest BCUT2D eigenvalue weighted by Gasteiger charge is -2.16. The van der Waals surface area contributed by atoms with Crippen molar-refractivity contribution in [1.29, 1.82) is 0 Å². The molecular formula is C12H18NO3P. The van der Waals surface area contributed by atoms with Crippen molar-refractivity contribution in [3.63, 3.8) is 0 Å². The molecule has 0 unspecified atom stereocenters. The highest BCUT2D eigenvalue weighted by Gasteiger charge is 2.32. The van der Waals surface area contributed by atoms with E-state index >= 15 is 0 Å². The summed E-state index contributed by atoms with van der Waals surface area (Å²) < 4.78 is 25.5. The maximum absolute atomic E-state index is 12.7. The van der Waals surface area contributed by atoms with Gasteiger partial charge in [0.05, 0.1) is 18.5 Å². The quantitative estimate of drug-likeness (QED) is 0.759. The minimum absolute atomic E-state index is 0.382. The lowest BCUT2D eigenvalue weighted by Crippen LogP contribution is -2.12. The largest absolute Gasteiger partial charge is 0.363 e. The first kappa shape index (κ1) is 12.6. The molecule has 0 radical (unpaired) electrons. The van der Waals surface area contributed by atoms with Crippen molar-refractivity contribution in [1.82, 2.24) is 4.57 Å². The van der Waals surface area contributed by atoms with E-state index in [-0.39, 0.29) is 0 Å². The average Bonchev–Trinajstić information content (AvgIpc) is 2.83. The van der Waals surface area contributed by atoms with Gasteiger partial charge in [-0.15, -0.1) is 0 Å². The molecule has 1 aliphatic heterocycles. The van der Waals surface area contributed by atoms with E-state index in [0.29, 0.717) is 18.5 Å². The Labute approximate surface area is 102 Å².